The number of halogens is 1. The van der Waals surface area contributed by atoms with Gasteiger partial charge in [-0.15, -0.1) is 12.4 Å². The smallest absolute Gasteiger partial charge is 0.254 e. The molecule has 1 unspecified atom stereocenters. The molecule has 1 aromatic carbocycles. The Hall–Kier alpha value is -1.10. The summed E-state index contributed by atoms with van der Waals surface area (Å²) >= 11 is 0. The lowest BCUT2D eigenvalue weighted by Crippen LogP contribution is -2.42. The second-order valence-electron chi connectivity index (χ2n) is 4.69. The monoisotopic (exact) mass is 284 g/mol. The summed E-state index contributed by atoms with van der Waals surface area (Å²) in [6.45, 7) is 2.59. The Labute approximate surface area is 120 Å². The van der Waals surface area contributed by atoms with Crippen LogP contribution in [0.25, 0.3) is 0 Å². The Morgan fingerprint density at radius 3 is 2.47 bits per heavy atom. The van der Waals surface area contributed by atoms with Gasteiger partial charge in [-0.2, -0.15) is 0 Å². The third kappa shape index (κ3) is 4.82. The third-order valence-electron chi connectivity index (χ3n) is 3.29. The van der Waals surface area contributed by atoms with Crippen LogP contribution in [0.3, 0.4) is 0 Å². The zero-order valence-electron chi connectivity index (χ0n) is 10.9. The fraction of sp³-hybridized carbons (Fsp3) is 0.500. The van der Waals surface area contributed by atoms with Crippen molar-refractivity contribution in [2.24, 2.45) is 0 Å². The Morgan fingerprint density at radius 2 is 1.84 bits per heavy atom. The molecule has 1 saturated heterocycles. The molecule has 2 N–H and O–H groups in total. The predicted octanol–water partition coefficient (Wildman–Crippen LogP) is 1.70. The first-order valence-corrected chi connectivity index (χ1v) is 6.50. The SMILES string of the molecule is Cl.O=C(NCN1CCCCC1)C(O)c1ccccc1. The fourth-order valence-electron chi connectivity index (χ4n) is 2.19. The van der Waals surface area contributed by atoms with Gasteiger partial charge in [-0.25, -0.2) is 0 Å². The van der Waals surface area contributed by atoms with E-state index >= 15 is 0 Å². The third-order valence-corrected chi connectivity index (χ3v) is 3.29. The van der Waals surface area contributed by atoms with Gasteiger partial charge in [-0.3, -0.25) is 9.69 Å². The fourth-order valence-corrected chi connectivity index (χ4v) is 2.19. The highest BCUT2D eigenvalue weighted by atomic mass is 35.5. The minimum Gasteiger partial charge on any atom is -0.378 e. The van der Waals surface area contributed by atoms with Crippen LogP contribution in [0.15, 0.2) is 30.3 Å². The summed E-state index contributed by atoms with van der Waals surface area (Å²) in [4.78, 5) is 14.0. The molecular formula is C14H21ClN2O2. The highest BCUT2D eigenvalue weighted by Gasteiger charge is 2.18. The van der Waals surface area contributed by atoms with Crippen LogP contribution in [0.2, 0.25) is 0 Å². The van der Waals surface area contributed by atoms with E-state index < -0.39 is 6.10 Å². The number of amides is 1. The number of nitrogens with zero attached hydrogens (tertiary/aromatic N) is 1. The van der Waals surface area contributed by atoms with Gasteiger partial charge in [0.15, 0.2) is 6.10 Å². The standard InChI is InChI=1S/C14H20N2O2.ClH/c17-13(12-7-3-1-4-8-12)14(18)15-11-16-9-5-2-6-10-16;/h1,3-4,7-8,13,17H,2,5-6,9-11H2,(H,15,18);1H. The first kappa shape index (κ1) is 16.0. The topological polar surface area (TPSA) is 52.6 Å². The van der Waals surface area contributed by atoms with Crippen LogP contribution in [0.5, 0.6) is 0 Å². The number of nitrogens with one attached hydrogen (secondary N) is 1. The highest BCUT2D eigenvalue weighted by Crippen LogP contribution is 2.12. The molecule has 4 nitrogen and oxygen atoms in total. The Kier molecular flexibility index (Phi) is 6.84. The maximum Gasteiger partial charge on any atom is 0.254 e. The van der Waals surface area contributed by atoms with Crippen LogP contribution < -0.4 is 5.32 Å². The summed E-state index contributed by atoms with van der Waals surface area (Å²) in [5.41, 5.74) is 0.633. The predicted molar refractivity (Wildman–Crippen MR) is 77.1 cm³/mol. The molecular weight excluding hydrogens is 264 g/mol. The number of carbonyl (C=O) groups is 1. The Balaban J connectivity index is 0.00000180. The molecule has 0 bridgehead atoms. The van der Waals surface area contributed by atoms with Crippen molar-refractivity contribution in [1.82, 2.24) is 10.2 Å². The van der Waals surface area contributed by atoms with Crippen molar-refractivity contribution in [3.05, 3.63) is 35.9 Å². The summed E-state index contributed by atoms with van der Waals surface area (Å²) in [7, 11) is 0. The number of hydrogen-bond acceptors (Lipinski definition) is 3. The molecule has 1 heterocycles. The summed E-state index contributed by atoms with van der Waals surface area (Å²) in [6, 6.07) is 9.01. The number of aliphatic hydroxyl groups is 1. The van der Waals surface area contributed by atoms with E-state index in [4.69, 9.17) is 0 Å². The van der Waals surface area contributed by atoms with Gasteiger partial charge >= 0.3 is 0 Å². The van der Waals surface area contributed by atoms with E-state index in [1.807, 2.05) is 18.2 Å². The molecule has 1 fully saturated rings. The lowest BCUT2D eigenvalue weighted by molar-refractivity contribution is -0.130. The van der Waals surface area contributed by atoms with Crippen molar-refractivity contribution in [3.8, 4) is 0 Å². The summed E-state index contributed by atoms with van der Waals surface area (Å²) in [5.74, 6) is -0.327. The molecule has 19 heavy (non-hydrogen) atoms. The average Bonchev–Trinajstić information content (AvgIpc) is 2.46. The number of rotatable bonds is 4. The average molecular weight is 285 g/mol. The molecule has 0 aliphatic carbocycles. The van der Waals surface area contributed by atoms with Crippen molar-refractivity contribution in [2.45, 2.75) is 25.4 Å². The van der Waals surface area contributed by atoms with E-state index in [0.29, 0.717) is 12.2 Å². The van der Waals surface area contributed by atoms with E-state index in [1.165, 1.54) is 19.3 Å². The van der Waals surface area contributed by atoms with Crippen LogP contribution in [0, 0.1) is 0 Å². The van der Waals surface area contributed by atoms with Gasteiger partial charge in [0.25, 0.3) is 5.91 Å². The van der Waals surface area contributed by atoms with Crippen molar-refractivity contribution in [1.29, 1.82) is 0 Å². The lowest BCUT2D eigenvalue weighted by Gasteiger charge is -2.26. The van der Waals surface area contributed by atoms with Gasteiger partial charge in [0.1, 0.15) is 0 Å². The molecule has 106 valence electrons. The molecule has 1 amide bonds. The van der Waals surface area contributed by atoms with E-state index in [1.54, 1.807) is 12.1 Å². The van der Waals surface area contributed by atoms with E-state index in [0.717, 1.165) is 13.1 Å². The number of carbonyl (C=O) groups excluding carboxylic acids is 1. The van der Waals surface area contributed by atoms with Gasteiger partial charge in [0.05, 0.1) is 6.67 Å². The second-order valence-corrected chi connectivity index (χ2v) is 4.69. The van der Waals surface area contributed by atoms with Crippen LogP contribution in [0.4, 0.5) is 0 Å². The molecule has 2 rings (SSSR count). The molecule has 1 aliphatic heterocycles. The minimum atomic E-state index is -1.07. The second kappa shape index (κ2) is 8.15. The van der Waals surface area contributed by atoms with Gasteiger partial charge in [0, 0.05) is 0 Å². The molecule has 0 spiro atoms. The van der Waals surface area contributed by atoms with E-state index in [2.05, 4.69) is 10.2 Å². The Bertz CT molecular complexity index is 380. The lowest BCUT2D eigenvalue weighted by atomic mass is 10.1. The van der Waals surface area contributed by atoms with Gasteiger partial charge in [-0.1, -0.05) is 36.8 Å². The van der Waals surface area contributed by atoms with Gasteiger partial charge in [0.2, 0.25) is 0 Å². The minimum absolute atomic E-state index is 0. The van der Waals surface area contributed by atoms with Crippen LogP contribution >= 0.6 is 12.4 Å². The van der Waals surface area contributed by atoms with Crippen LogP contribution in [-0.2, 0) is 4.79 Å². The van der Waals surface area contributed by atoms with E-state index in [-0.39, 0.29) is 18.3 Å². The molecule has 1 aliphatic rings. The maximum atomic E-state index is 11.8. The molecule has 0 aromatic heterocycles. The van der Waals surface area contributed by atoms with Crippen molar-refractivity contribution < 1.29 is 9.90 Å². The zero-order chi connectivity index (χ0) is 12.8. The van der Waals surface area contributed by atoms with Crippen molar-refractivity contribution in [2.75, 3.05) is 19.8 Å². The first-order chi connectivity index (χ1) is 8.77. The zero-order valence-corrected chi connectivity index (χ0v) is 11.7. The summed E-state index contributed by atoms with van der Waals surface area (Å²) < 4.78 is 0. The van der Waals surface area contributed by atoms with Crippen molar-refractivity contribution >= 4 is 18.3 Å². The largest absolute Gasteiger partial charge is 0.378 e. The molecule has 0 radical (unpaired) electrons. The number of benzene rings is 1. The van der Waals surface area contributed by atoms with E-state index in [9.17, 15) is 9.90 Å². The first-order valence-electron chi connectivity index (χ1n) is 6.50. The highest BCUT2D eigenvalue weighted by molar-refractivity contribution is 5.85. The van der Waals surface area contributed by atoms with Crippen LogP contribution in [0.1, 0.15) is 30.9 Å². The van der Waals surface area contributed by atoms with Crippen LogP contribution in [-0.4, -0.2) is 35.7 Å². The number of hydrogen-bond donors (Lipinski definition) is 2. The normalized spacial score (nSPS) is 17.3. The number of aliphatic hydroxyl groups excluding tert-OH is 1. The molecule has 1 atom stereocenters. The molecule has 1 aromatic rings. The Morgan fingerprint density at radius 1 is 1.21 bits per heavy atom. The van der Waals surface area contributed by atoms with Gasteiger partial charge < -0.3 is 10.4 Å². The van der Waals surface area contributed by atoms with Crippen molar-refractivity contribution in [3.63, 3.8) is 0 Å². The van der Waals surface area contributed by atoms with Gasteiger partial charge in [-0.05, 0) is 31.5 Å². The summed E-state index contributed by atoms with van der Waals surface area (Å²) in [6.07, 6.45) is 2.58. The summed E-state index contributed by atoms with van der Waals surface area (Å²) in [5, 5.41) is 12.7. The number of piperidine rings is 1. The molecule has 0 saturated carbocycles. The maximum absolute atomic E-state index is 11.8. The molecule has 5 heteroatoms. The quantitative estimate of drug-likeness (QED) is 0.885. The number of likely N-dealkylation sites (tertiary alicyclic amines) is 1.